The van der Waals surface area contributed by atoms with Crippen LogP contribution in [-0.4, -0.2) is 13.7 Å². The zero-order valence-corrected chi connectivity index (χ0v) is 10.0. The number of hydrogen-bond acceptors (Lipinski definition) is 3. The van der Waals surface area contributed by atoms with Gasteiger partial charge in [-0.2, -0.15) is 5.26 Å². The maximum atomic E-state index is 8.75. The molecular formula is C12H13ClN2O. The predicted molar refractivity (Wildman–Crippen MR) is 65.8 cm³/mol. The second-order valence-electron chi connectivity index (χ2n) is 3.34. The molecule has 1 rings (SSSR count). The summed E-state index contributed by atoms with van der Waals surface area (Å²) in [6.07, 6.45) is 0. The summed E-state index contributed by atoms with van der Waals surface area (Å²) in [6.45, 7) is 2.57. The average Bonchev–Trinajstić information content (AvgIpc) is 2.35. The molecule has 0 atom stereocenters. The van der Waals surface area contributed by atoms with Crippen molar-refractivity contribution in [3.8, 4) is 11.8 Å². The number of anilines is 1. The molecule has 3 nitrogen and oxygen atoms in total. The molecule has 4 heteroatoms. The number of benzene rings is 1. The third-order valence-electron chi connectivity index (χ3n) is 2.07. The summed E-state index contributed by atoms with van der Waals surface area (Å²) >= 11 is 5.56. The van der Waals surface area contributed by atoms with Crippen LogP contribution in [0.15, 0.2) is 29.3 Å². The van der Waals surface area contributed by atoms with Crippen LogP contribution in [-0.2, 0) is 0 Å². The number of methoxy groups -OCH3 is 1. The van der Waals surface area contributed by atoms with E-state index in [9.17, 15) is 0 Å². The molecule has 0 aromatic heterocycles. The van der Waals surface area contributed by atoms with Crippen LogP contribution in [0.5, 0.6) is 5.75 Å². The monoisotopic (exact) mass is 236 g/mol. The molecule has 0 saturated heterocycles. The number of hydrogen-bond donors (Lipinski definition) is 1. The van der Waals surface area contributed by atoms with Crippen molar-refractivity contribution in [2.45, 2.75) is 6.92 Å². The van der Waals surface area contributed by atoms with Crippen molar-refractivity contribution >= 4 is 17.3 Å². The molecule has 0 spiro atoms. The first-order valence-electron chi connectivity index (χ1n) is 4.79. The SMILES string of the molecule is COc1cc(C#N)ccc1NC/C(C)=C/Cl. The van der Waals surface area contributed by atoms with E-state index in [0.717, 1.165) is 11.3 Å². The van der Waals surface area contributed by atoms with Gasteiger partial charge in [-0.05, 0) is 24.6 Å². The Labute approximate surface area is 100 Å². The molecule has 0 aliphatic rings. The molecule has 84 valence electrons. The number of nitrogens with zero attached hydrogens (tertiary/aromatic N) is 1. The summed E-state index contributed by atoms with van der Waals surface area (Å²) in [6, 6.07) is 7.32. The smallest absolute Gasteiger partial charge is 0.143 e. The van der Waals surface area contributed by atoms with E-state index in [1.165, 1.54) is 5.54 Å². The van der Waals surface area contributed by atoms with Gasteiger partial charge in [0, 0.05) is 18.1 Å². The van der Waals surface area contributed by atoms with Crippen LogP contribution in [0, 0.1) is 11.3 Å². The van der Waals surface area contributed by atoms with E-state index in [4.69, 9.17) is 21.6 Å². The van der Waals surface area contributed by atoms with Crippen LogP contribution in [0.4, 0.5) is 5.69 Å². The molecule has 16 heavy (non-hydrogen) atoms. The van der Waals surface area contributed by atoms with Gasteiger partial charge in [-0.25, -0.2) is 0 Å². The standard InChI is InChI=1S/C12H13ClN2O/c1-9(6-13)8-15-11-4-3-10(7-14)5-12(11)16-2/h3-6,15H,8H2,1-2H3/b9-6+. The Hall–Kier alpha value is -1.66. The fourth-order valence-corrected chi connectivity index (χ4v) is 1.26. The molecule has 0 amide bonds. The first kappa shape index (κ1) is 12.4. The van der Waals surface area contributed by atoms with Crippen molar-refractivity contribution in [2.24, 2.45) is 0 Å². The van der Waals surface area contributed by atoms with Gasteiger partial charge < -0.3 is 10.1 Å². The molecule has 0 aliphatic carbocycles. The third-order valence-corrected chi connectivity index (χ3v) is 2.45. The number of nitrogens with one attached hydrogen (secondary N) is 1. The van der Waals surface area contributed by atoms with Gasteiger partial charge in [-0.1, -0.05) is 11.6 Å². The van der Waals surface area contributed by atoms with Gasteiger partial charge in [0.25, 0.3) is 0 Å². The lowest BCUT2D eigenvalue weighted by Gasteiger charge is -2.11. The summed E-state index contributed by atoms with van der Waals surface area (Å²) in [5, 5.41) is 11.9. The minimum absolute atomic E-state index is 0.576. The van der Waals surface area contributed by atoms with E-state index in [0.29, 0.717) is 17.9 Å². The minimum atomic E-state index is 0.576. The van der Waals surface area contributed by atoms with Gasteiger partial charge in [0.15, 0.2) is 0 Å². The largest absolute Gasteiger partial charge is 0.495 e. The van der Waals surface area contributed by atoms with Crippen molar-refractivity contribution < 1.29 is 4.74 Å². The van der Waals surface area contributed by atoms with Crippen molar-refractivity contribution in [1.82, 2.24) is 0 Å². The molecule has 0 aliphatic heterocycles. The van der Waals surface area contributed by atoms with Crippen molar-refractivity contribution in [3.05, 3.63) is 34.9 Å². The fourth-order valence-electron chi connectivity index (χ4n) is 1.18. The normalized spacial score (nSPS) is 10.8. The van der Waals surface area contributed by atoms with Crippen molar-refractivity contribution in [3.63, 3.8) is 0 Å². The second kappa shape index (κ2) is 6.04. The Morgan fingerprint density at radius 3 is 2.94 bits per heavy atom. The highest BCUT2D eigenvalue weighted by Gasteiger charge is 2.03. The van der Waals surface area contributed by atoms with E-state index in [2.05, 4.69) is 11.4 Å². The van der Waals surface area contributed by atoms with Gasteiger partial charge in [-0.15, -0.1) is 0 Å². The Bertz CT molecular complexity index is 435. The van der Waals surface area contributed by atoms with Gasteiger partial charge >= 0.3 is 0 Å². The van der Waals surface area contributed by atoms with Gasteiger partial charge in [0.2, 0.25) is 0 Å². The van der Waals surface area contributed by atoms with E-state index < -0.39 is 0 Å². The minimum Gasteiger partial charge on any atom is -0.495 e. The Morgan fingerprint density at radius 1 is 1.62 bits per heavy atom. The highest BCUT2D eigenvalue weighted by molar-refractivity contribution is 6.25. The van der Waals surface area contributed by atoms with Gasteiger partial charge in [-0.3, -0.25) is 0 Å². The van der Waals surface area contributed by atoms with Gasteiger partial charge in [0.05, 0.1) is 24.4 Å². The highest BCUT2D eigenvalue weighted by atomic mass is 35.5. The third kappa shape index (κ3) is 3.18. The van der Waals surface area contributed by atoms with Crippen LogP contribution in [0.1, 0.15) is 12.5 Å². The highest BCUT2D eigenvalue weighted by Crippen LogP contribution is 2.25. The first-order chi connectivity index (χ1) is 7.71. The van der Waals surface area contributed by atoms with Crippen LogP contribution >= 0.6 is 11.6 Å². The predicted octanol–water partition coefficient (Wildman–Crippen LogP) is 3.12. The number of nitriles is 1. The van der Waals surface area contributed by atoms with Crippen molar-refractivity contribution in [1.29, 1.82) is 5.26 Å². The van der Waals surface area contributed by atoms with Crippen LogP contribution in [0.2, 0.25) is 0 Å². The number of halogens is 1. The molecule has 0 saturated carbocycles. The van der Waals surface area contributed by atoms with Crippen LogP contribution in [0.25, 0.3) is 0 Å². The lowest BCUT2D eigenvalue weighted by atomic mass is 10.2. The topological polar surface area (TPSA) is 45.0 Å². The molecule has 0 heterocycles. The molecule has 1 aromatic rings. The molecule has 0 fully saturated rings. The summed E-state index contributed by atoms with van der Waals surface area (Å²) < 4.78 is 5.19. The van der Waals surface area contributed by atoms with E-state index in [1.807, 2.05) is 13.0 Å². The summed E-state index contributed by atoms with van der Waals surface area (Å²) in [4.78, 5) is 0. The quantitative estimate of drug-likeness (QED) is 0.874. The van der Waals surface area contributed by atoms with Crippen molar-refractivity contribution in [2.75, 3.05) is 19.0 Å². The van der Waals surface area contributed by atoms with E-state index in [-0.39, 0.29) is 0 Å². The number of rotatable bonds is 4. The maximum absolute atomic E-state index is 8.75. The molecule has 0 radical (unpaired) electrons. The Kier molecular flexibility index (Phi) is 4.68. The fraction of sp³-hybridized carbons (Fsp3) is 0.250. The average molecular weight is 237 g/mol. The maximum Gasteiger partial charge on any atom is 0.143 e. The lowest BCUT2D eigenvalue weighted by Crippen LogP contribution is -2.04. The molecule has 0 unspecified atom stereocenters. The zero-order chi connectivity index (χ0) is 12.0. The molecular weight excluding hydrogens is 224 g/mol. The van der Waals surface area contributed by atoms with Gasteiger partial charge in [0.1, 0.15) is 5.75 Å². The molecule has 1 N–H and O–H groups in total. The van der Waals surface area contributed by atoms with Crippen LogP contribution < -0.4 is 10.1 Å². The van der Waals surface area contributed by atoms with Crippen LogP contribution in [0.3, 0.4) is 0 Å². The summed E-state index contributed by atoms with van der Waals surface area (Å²) in [5.41, 5.74) is 3.97. The zero-order valence-electron chi connectivity index (χ0n) is 9.25. The lowest BCUT2D eigenvalue weighted by molar-refractivity contribution is 0.416. The second-order valence-corrected chi connectivity index (χ2v) is 3.55. The molecule has 0 bridgehead atoms. The molecule has 1 aromatic carbocycles. The summed E-state index contributed by atoms with van der Waals surface area (Å²) in [5.74, 6) is 0.654. The van der Waals surface area contributed by atoms with E-state index in [1.54, 1.807) is 19.2 Å². The first-order valence-corrected chi connectivity index (χ1v) is 5.22. The van der Waals surface area contributed by atoms with E-state index >= 15 is 0 Å². The summed E-state index contributed by atoms with van der Waals surface area (Å²) in [7, 11) is 1.58. The Balaban J connectivity index is 2.84. The Morgan fingerprint density at radius 2 is 2.38 bits per heavy atom. The number of ether oxygens (including phenoxy) is 1.